The summed E-state index contributed by atoms with van der Waals surface area (Å²) in [7, 11) is 0. The molecule has 24 heavy (non-hydrogen) atoms. The van der Waals surface area contributed by atoms with Gasteiger partial charge in [-0.1, -0.05) is 32.0 Å². The van der Waals surface area contributed by atoms with Crippen LogP contribution in [0.5, 0.6) is 0 Å². The maximum atomic E-state index is 6.23. The number of rotatable bonds is 11. The molecule has 0 aromatic heterocycles. The van der Waals surface area contributed by atoms with Crippen molar-refractivity contribution in [2.24, 2.45) is 0 Å². The minimum atomic E-state index is -2.93. The van der Waals surface area contributed by atoms with E-state index in [0.29, 0.717) is 25.5 Å². The molecule has 1 aromatic rings. The molecule has 0 aliphatic carbocycles. The summed E-state index contributed by atoms with van der Waals surface area (Å²) in [5.41, 5.74) is 0. The van der Waals surface area contributed by atoms with Gasteiger partial charge < -0.3 is 9.05 Å². The van der Waals surface area contributed by atoms with Gasteiger partial charge in [0.15, 0.2) is 13.0 Å². The highest BCUT2D eigenvalue weighted by molar-refractivity contribution is 8.22. The lowest BCUT2D eigenvalue weighted by Crippen LogP contribution is -2.11. The second-order valence-electron chi connectivity index (χ2n) is 4.69. The molecule has 0 fully saturated rings. The molecule has 0 saturated heterocycles. The molecule has 0 bridgehead atoms. The summed E-state index contributed by atoms with van der Waals surface area (Å²) in [5, 5.41) is 0.782. The van der Waals surface area contributed by atoms with Crippen molar-refractivity contribution in [1.29, 1.82) is 0 Å². The fourth-order valence-corrected chi connectivity index (χ4v) is 13.9. The minimum Gasteiger partial charge on any atom is -0.329 e. The molecule has 4 nitrogen and oxygen atoms in total. The third kappa shape index (κ3) is 6.63. The molecule has 0 amide bonds. The van der Waals surface area contributed by atoms with Crippen molar-refractivity contribution in [3.63, 3.8) is 0 Å². The smallest absolute Gasteiger partial charge is 0.230 e. The van der Waals surface area contributed by atoms with Gasteiger partial charge in [0.05, 0.1) is 13.2 Å². The Morgan fingerprint density at radius 3 is 1.50 bits per heavy atom. The first kappa shape index (κ1) is 23.0. The van der Waals surface area contributed by atoms with Crippen molar-refractivity contribution >= 4 is 60.2 Å². The first-order valence-corrected chi connectivity index (χ1v) is 16.1. The Bertz CT molecular complexity index is 620. The third-order valence-corrected chi connectivity index (χ3v) is 15.7. The van der Waals surface area contributed by atoms with E-state index in [2.05, 4.69) is 0 Å². The van der Waals surface area contributed by atoms with Gasteiger partial charge in [0, 0.05) is 17.6 Å². The van der Waals surface area contributed by atoms with E-state index in [4.69, 9.17) is 53.1 Å². The minimum absolute atomic E-state index is 0.475. The summed E-state index contributed by atoms with van der Waals surface area (Å²) in [4.78, 5) is 0. The van der Waals surface area contributed by atoms with Crippen molar-refractivity contribution in [2.45, 2.75) is 27.7 Å². The Balaban J connectivity index is 3.30. The van der Waals surface area contributed by atoms with Gasteiger partial charge in [0.25, 0.3) is 0 Å². The van der Waals surface area contributed by atoms with Crippen LogP contribution in [-0.4, -0.2) is 25.5 Å². The van der Waals surface area contributed by atoms with E-state index in [1.54, 1.807) is 0 Å². The number of benzene rings is 1. The van der Waals surface area contributed by atoms with Gasteiger partial charge in [-0.2, -0.15) is 0 Å². The van der Waals surface area contributed by atoms with Gasteiger partial charge in [-0.3, -0.25) is 8.62 Å². The fourth-order valence-electron chi connectivity index (χ4n) is 1.79. The van der Waals surface area contributed by atoms with Crippen molar-refractivity contribution in [2.75, 3.05) is 25.5 Å². The lowest BCUT2D eigenvalue weighted by Gasteiger charge is -2.33. The SMILES string of the molecule is CCOP(=S)(CC)OP(=S)(OP(=S)(CC)OCC)c1ccccc1. The maximum Gasteiger partial charge on any atom is 0.230 e. The second kappa shape index (κ2) is 10.4. The van der Waals surface area contributed by atoms with Crippen molar-refractivity contribution < 1.29 is 17.7 Å². The molecule has 0 spiro atoms. The highest BCUT2D eigenvalue weighted by Crippen LogP contribution is 2.71. The lowest BCUT2D eigenvalue weighted by molar-refractivity contribution is 0.318. The average Bonchev–Trinajstić information content (AvgIpc) is 2.56. The highest BCUT2D eigenvalue weighted by atomic mass is 32.5. The summed E-state index contributed by atoms with van der Waals surface area (Å²) in [6.07, 6.45) is 1.16. The van der Waals surface area contributed by atoms with Crippen LogP contribution in [-0.2, 0) is 53.1 Å². The van der Waals surface area contributed by atoms with Crippen LogP contribution in [0.1, 0.15) is 27.7 Å². The molecule has 0 saturated carbocycles. The molecule has 0 heterocycles. The van der Waals surface area contributed by atoms with E-state index in [-0.39, 0.29) is 0 Å². The molecule has 0 N–H and O–H groups in total. The Kier molecular flexibility index (Phi) is 9.96. The summed E-state index contributed by atoms with van der Waals surface area (Å²) >= 11 is 17.1. The molecule has 2 atom stereocenters. The van der Waals surface area contributed by atoms with E-state index in [1.165, 1.54) is 0 Å². The molecule has 138 valence electrons. The van der Waals surface area contributed by atoms with E-state index in [1.807, 2.05) is 58.0 Å². The van der Waals surface area contributed by atoms with Crippen LogP contribution >= 0.6 is 19.5 Å². The van der Waals surface area contributed by atoms with Crippen LogP contribution in [0.2, 0.25) is 0 Å². The Morgan fingerprint density at radius 2 is 1.17 bits per heavy atom. The molecular formula is C14H25O4P3S3. The van der Waals surface area contributed by atoms with Gasteiger partial charge in [-0.15, -0.1) is 0 Å². The summed E-state index contributed by atoms with van der Waals surface area (Å²) in [6.45, 7) is 0.623. The predicted octanol–water partition coefficient (Wildman–Crippen LogP) is 5.39. The van der Waals surface area contributed by atoms with E-state index in [9.17, 15) is 0 Å². The normalized spacial score (nSPS) is 19.2. The molecule has 0 aliphatic heterocycles. The second-order valence-corrected chi connectivity index (χ2v) is 16.5. The first-order valence-electron chi connectivity index (χ1n) is 7.82. The van der Waals surface area contributed by atoms with Gasteiger partial charge in [0.1, 0.15) is 0 Å². The zero-order chi connectivity index (χ0) is 18.3. The van der Waals surface area contributed by atoms with Crippen LogP contribution in [0.25, 0.3) is 0 Å². The Hall–Kier alpha value is 1.01. The summed E-state index contributed by atoms with van der Waals surface area (Å²) in [6, 6.07) is 9.50. The highest BCUT2D eigenvalue weighted by Gasteiger charge is 2.35. The van der Waals surface area contributed by atoms with Crippen molar-refractivity contribution in [1.82, 2.24) is 0 Å². The van der Waals surface area contributed by atoms with Gasteiger partial charge in [-0.05, 0) is 61.4 Å². The van der Waals surface area contributed by atoms with Crippen LogP contribution in [0.15, 0.2) is 30.3 Å². The average molecular weight is 446 g/mol. The molecule has 10 heteroatoms. The third-order valence-electron chi connectivity index (χ3n) is 2.96. The standard InChI is InChI=1S/C14H25O4P3S3/c1-5-15-19(22,7-3)17-21(24,14-12-10-9-11-13-14)18-20(23,8-4)16-6-2/h9-13H,5-8H2,1-4H3. The molecule has 0 radical (unpaired) electrons. The Labute approximate surface area is 161 Å². The maximum absolute atomic E-state index is 6.23. The first-order chi connectivity index (χ1) is 11.3. The van der Waals surface area contributed by atoms with Crippen LogP contribution in [0, 0.1) is 0 Å². The topological polar surface area (TPSA) is 36.9 Å². The van der Waals surface area contributed by atoms with E-state index >= 15 is 0 Å². The fraction of sp³-hybridized carbons (Fsp3) is 0.571. The Morgan fingerprint density at radius 1 is 0.750 bits per heavy atom. The molecule has 0 aliphatic rings. The summed E-state index contributed by atoms with van der Waals surface area (Å²) < 4.78 is 23.9. The zero-order valence-electron chi connectivity index (χ0n) is 14.4. The largest absolute Gasteiger partial charge is 0.329 e. The summed E-state index contributed by atoms with van der Waals surface area (Å²) in [5.74, 6) is 0. The molecular weight excluding hydrogens is 421 g/mol. The molecule has 2 unspecified atom stereocenters. The van der Waals surface area contributed by atoms with Crippen LogP contribution in [0.3, 0.4) is 0 Å². The van der Waals surface area contributed by atoms with Crippen molar-refractivity contribution in [3.8, 4) is 0 Å². The lowest BCUT2D eigenvalue weighted by atomic mass is 10.4. The molecule has 1 rings (SSSR count). The van der Waals surface area contributed by atoms with Crippen molar-refractivity contribution in [3.05, 3.63) is 30.3 Å². The predicted molar refractivity (Wildman–Crippen MR) is 115 cm³/mol. The van der Waals surface area contributed by atoms with Gasteiger partial charge in [-0.25, -0.2) is 0 Å². The van der Waals surface area contributed by atoms with Crippen LogP contribution in [0.4, 0.5) is 0 Å². The van der Waals surface area contributed by atoms with E-state index in [0.717, 1.165) is 5.30 Å². The van der Waals surface area contributed by atoms with Gasteiger partial charge in [0.2, 0.25) is 6.49 Å². The monoisotopic (exact) mass is 446 g/mol. The zero-order valence-corrected chi connectivity index (χ0v) is 19.5. The van der Waals surface area contributed by atoms with Crippen LogP contribution < -0.4 is 5.30 Å². The quantitative estimate of drug-likeness (QED) is 0.422. The number of hydrogen-bond donors (Lipinski definition) is 0. The molecule has 1 aromatic carbocycles. The van der Waals surface area contributed by atoms with E-state index < -0.39 is 19.5 Å². The number of hydrogen-bond acceptors (Lipinski definition) is 7. The van der Waals surface area contributed by atoms with Gasteiger partial charge >= 0.3 is 0 Å².